The highest BCUT2D eigenvalue weighted by atomic mass is 79.9. The lowest BCUT2D eigenvalue weighted by atomic mass is 10.1. The predicted molar refractivity (Wildman–Crippen MR) is 52.8 cm³/mol. The number of nitrogen functional groups attached to an aromatic ring is 1. The molecule has 0 spiro atoms. The molecule has 0 saturated heterocycles. The van der Waals surface area contributed by atoms with Crippen LogP contribution in [0.15, 0.2) is 16.6 Å². The molecular weight excluding hydrogens is 220 g/mol. The number of anilines is 1. The van der Waals surface area contributed by atoms with Gasteiger partial charge in [0.05, 0.1) is 5.69 Å². The van der Waals surface area contributed by atoms with Gasteiger partial charge in [0.15, 0.2) is 0 Å². The van der Waals surface area contributed by atoms with Crippen molar-refractivity contribution in [2.24, 2.45) is 5.73 Å². The predicted octanol–water partition coefficient (Wildman–Crippen LogP) is 1.76. The second-order valence-corrected chi connectivity index (χ2v) is 3.54. The van der Waals surface area contributed by atoms with Crippen LogP contribution in [0.5, 0.6) is 5.75 Å². The minimum atomic E-state index is -0.233. The molecule has 0 fully saturated rings. The molecule has 3 nitrogen and oxygen atoms in total. The van der Waals surface area contributed by atoms with Gasteiger partial charge in [0, 0.05) is 16.1 Å². The SMILES string of the molecule is CC(N)c1c(Br)ccc(N)c1O. The Bertz CT molecular complexity index is 299. The summed E-state index contributed by atoms with van der Waals surface area (Å²) in [4.78, 5) is 0. The Kier molecular flexibility index (Phi) is 2.59. The lowest BCUT2D eigenvalue weighted by molar-refractivity contribution is 0.466. The van der Waals surface area contributed by atoms with Crippen LogP contribution in [0.25, 0.3) is 0 Å². The standard InChI is InChI=1S/C8H11BrN2O/c1-4(10)7-5(9)2-3-6(11)8(7)12/h2-4,12H,10-11H2,1H3. The number of hydrogen-bond donors (Lipinski definition) is 3. The van der Waals surface area contributed by atoms with Gasteiger partial charge < -0.3 is 16.6 Å². The van der Waals surface area contributed by atoms with Gasteiger partial charge in [-0.3, -0.25) is 0 Å². The fourth-order valence-corrected chi connectivity index (χ4v) is 1.71. The van der Waals surface area contributed by atoms with Crippen LogP contribution < -0.4 is 11.5 Å². The number of rotatable bonds is 1. The lowest BCUT2D eigenvalue weighted by Gasteiger charge is -2.12. The van der Waals surface area contributed by atoms with Gasteiger partial charge in [0.25, 0.3) is 0 Å². The first-order chi connectivity index (χ1) is 5.54. The molecule has 0 aliphatic carbocycles. The Morgan fingerprint density at radius 2 is 2.08 bits per heavy atom. The lowest BCUT2D eigenvalue weighted by Crippen LogP contribution is -2.07. The Labute approximate surface area is 79.5 Å². The average Bonchev–Trinajstić information content (AvgIpc) is 1.97. The number of phenols is 1. The van der Waals surface area contributed by atoms with Crippen molar-refractivity contribution in [1.29, 1.82) is 0 Å². The van der Waals surface area contributed by atoms with Crippen molar-refractivity contribution < 1.29 is 5.11 Å². The van der Waals surface area contributed by atoms with Crippen LogP contribution in [-0.4, -0.2) is 5.11 Å². The zero-order valence-electron chi connectivity index (χ0n) is 6.71. The number of hydrogen-bond acceptors (Lipinski definition) is 3. The van der Waals surface area contributed by atoms with Crippen LogP contribution in [0.3, 0.4) is 0 Å². The topological polar surface area (TPSA) is 72.3 Å². The highest BCUT2D eigenvalue weighted by molar-refractivity contribution is 9.10. The van der Waals surface area contributed by atoms with Gasteiger partial charge in [-0.2, -0.15) is 0 Å². The maximum Gasteiger partial charge on any atom is 0.144 e. The van der Waals surface area contributed by atoms with Crippen molar-refractivity contribution in [1.82, 2.24) is 0 Å². The van der Waals surface area contributed by atoms with Crippen molar-refractivity contribution in [3.05, 3.63) is 22.2 Å². The first-order valence-electron chi connectivity index (χ1n) is 3.56. The molecule has 66 valence electrons. The third-order valence-corrected chi connectivity index (χ3v) is 2.34. The third-order valence-electron chi connectivity index (χ3n) is 1.65. The summed E-state index contributed by atoms with van der Waals surface area (Å²) in [5, 5.41) is 9.51. The van der Waals surface area contributed by atoms with E-state index in [2.05, 4.69) is 15.9 Å². The van der Waals surface area contributed by atoms with Gasteiger partial charge >= 0.3 is 0 Å². The van der Waals surface area contributed by atoms with Crippen molar-refractivity contribution >= 4 is 21.6 Å². The Morgan fingerprint density at radius 1 is 1.50 bits per heavy atom. The maximum absolute atomic E-state index is 9.51. The number of aromatic hydroxyl groups is 1. The molecule has 1 aromatic rings. The minimum Gasteiger partial charge on any atom is -0.505 e. The molecule has 0 saturated carbocycles. The third kappa shape index (κ3) is 1.54. The monoisotopic (exact) mass is 230 g/mol. The van der Waals surface area contributed by atoms with E-state index >= 15 is 0 Å². The molecule has 1 unspecified atom stereocenters. The summed E-state index contributed by atoms with van der Waals surface area (Å²) < 4.78 is 0.782. The first kappa shape index (κ1) is 9.35. The van der Waals surface area contributed by atoms with Crippen molar-refractivity contribution in [3.8, 4) is 5.75 Å². The number of nitrogens with two attached hydrogens (primary N) is 2. The summed E-state index contributed by atoms with van der Waals surface area (Å²) >= 11 is 3.29. The molecule has 1 aromatic carbocycles. The van der Waals surface area contributed by atoms with Crippen LogP contribution in [0.2, 0.25) is 0 Å². The second kappa shape index (κ2) is 3.33. The Morgan fingerprint density at radius 3 is 2.50 bits per heavy atom. The Balaban J connectivity index is 3.33. The molecule has 5 N–H and O–H groups in total. The largest absolute Gasteiger partial charge is 0.505 e. The van der Waals surface area contributed by atoms with Crippen molar-refractivity contribution in [2.75, 3.05) is 5.73 Å². The van der Waals surface area contributed by atoms with E-state index in [1.165, 1.54) is 0 Å². The fourth-order valence-electron chi connectivity index (χ4n) is 1.03. The number of benzene rings is 1. The summed E-state index contributed by atoms with van der Waals surface area (Å²) in [6.45, 7) is 1.79. The molecule has 0 heterocycles. The molecule has 12 heavy (non-hydrogen) atoms. The summed E-state index contributed by atoms with van der Waals surface area (Å²) in [6.07, 6.45) is 0. The molecule has 0 amide bonds. The normalized spacial score (nSPS) is 12.9. The minimum absolute atomic E-state index is 0.0689. The van der Waals surface area contributed by atoms with Crippen molar-refractivity contribution in [3.63, 3.8) is 0 Å². The van der Waals surface area contributed by atoms with E-state index in [1.807, 2.05) is 0 Å². The zero-order chi connectivity index (χ0) is 9.30. The zero-order valence-corrected chi connectivity index (χ0v) is 8.30. The van der Waals surface area contributed by atoms with Crippen LogP contribution in [0, 0.1) is 0 Å². The Hall–Kier alpha value is -0.740. The number of halogens is 1. The number of phenolic OH excluding ortho intramolecular Hbond substituents is 1. The molecule has 1 atom stereocenters. The van der Waals surface area contributed by atoms with Crippen LogP contribution >= 0.6 is 15.9 Å². The van der Waals surface area contributed by atoms with E-state index in [1.54, 1.807) is 19.1 Å². The molecule has 4 heteroatoms. The maximum atomic E-state index is 9.51. The molecule has 0 aliphatic heterocycles. The van der Waals surface area contributed by atoms with Gasteiger partial charge in [0.1, 0.15) is 5.75 Å². The molecular formula is C8H11BrN2O. The van der Waals surface area contributed by atoms with Gasteiger partial charge in [-0.05, 0) is 19.1 Å². The molecule has 0 aromatic heterocycles. The quantitative estimate of drug-likeness (QED) is 0.509. The van der Waals surface area contributed by atoms with Gasteiger partial charge in [-0.25, -0.2) is 0 Å². The van der Waals surface area contributed by atoms with E-state index in [9.17, 15) is 5.11 Å². The highest BCUT2D eigenvalue weighted by Crippen LogP contribution is 2.34. The summed E-state index contributed by atoms with van der Waals surface area (Å²) in [5.41, 5.74) is 12.1. The van der Waals surface area contributed by atoms with Crippen molar-refractivity contribution in [2.45, 2.75) is 13.0 Å². The highest BCUT2D eigenvalue weighted by Gasteiger charge is 2.12. The fraction of sp³-hybridized carbons (Fsp3) is 0.250. The van der Waals surface area contributed by atoms with Gasteiger partial charge in [0.2, 0.25) is 0 Å². The first-order valence-corrected chi connectivity index (χ1v) is 4.35. The summed E-state index contributed by atoms with van der Waals surface area (Å²) in [6, 6.07) is 3.17. The van der Waals surface area contributed by atoms with Gasteiger partial charge in [-0.1, -0.05) is 15.9 Å². The van der Waals surface area contributed by atoms with E-state index in [0.717, 1.165) is 4.47 Å². The van der Waals surface area contributed by atoms with Crippen LogP contribution in [0.4, 0.5) is 5.69 Å². The van der Waals surface area contributed by atoms with E-state index < -0.39 is 0 Å². The second-order valence-electron chi connectivity index (χ2n) is 2.69. The van der Waals surface area contributed by atoms with Gasteiger partial charge in [-0.15, -0.1) is 0 Å². The van der Waals surface area contributed by atoms with Crippen LogP contribution in [-0.2, 0) is 0 Å². The molecule has 0 aliphatic rings. The van der Waals surface area contributed by atoms with E-state index in [4.69, 9.17) is 11.5 Å². The van der Waals surface area contributed by atoms with E-state index in [-0.39, 0.29) is 11.8 Å². The van der Waals surface area contributed by atoms with E-state index in [0.29, 0.717) is 11.3 Å². The molecule has 0 radical (unpaired) electrons. The molecule has 1 rings (SSSR count). The smallest absolute Gasteiger partial charge is 0.144 e. The summed E-state index contributed by atoms with van der Waals surface area (Å²) in [7, 11) is 0. The molecule has 0 bridgehead atoms. The average molecular weight is 231 g/mol. The van der Waals surface area contributed by atoms with Crippen LogP contribution in [0.1, 0.15) is 18.5 Å². The summed E-state index contributed by atoms with van der Waals surface area (Å²) in [5.74, 6) is 0.0689.